The highest BCUT2D eigenvalue weighted by Crippen LogP contribution is 2.64. The van der Waals surface area contributed by atoms with Crippen LogP contribution in [0.4, 0.5) is 17.1 Å². The molecular formula is C67H44N2. The van der Waals surface area contributed by atoms with E-state index in [1.165, 1.54) is 99.7 Å². The van der Waals surface area contributed by atoms with Crippen molar-refractivity contribution in [1.82, 2.24) is 4.57 Å². The van der Waals surface area contributed by atoms with Gasteiger partial charge in [0, 0.05) is 33.5 Å². The minimum Gasteiger partial charge on any atom is -0.311 e. The second-order valence-corrected chi connectivity index (χ2v) is 18.4. The van der Waals surface area contributed by atoms with Gasteiger partial charge in [-0.15, -0.1) is 0 Å². The number of hydrogen-bond donors (Lipinski definition) is 0. The maximum absolute atomic E-state index is 2.38. The summed E-state index contributed by atoms with van der Waals surface area (Å²) in [7, 11) is 0. The number of anilines is 3. The Kier molecular flexibility index (Phi) is 8.84. The number of para-hydroxylation sites is 2. The fourth-order valence-corrected chi connectivity index (χ4v) is 11.9. The molecule has 2 heteroatoms. The highest BCUT2D eigenvalue weighted by molar-refractivity contribution is 6.09. The van der Waals surface area contributed by atoms with Crippen LogP contribution in [0.3, 0.4) is 0 Å². The number of nitrogens with zero attached hydrogens (tertiary/aromatic N) is 2. The lowest BCUT2D eigenvalue weighted by Gasteiger charge is -2.32. The van der Waals surface area contributed by atoms with Crippen molar-refractivity contribution in [3.63, 3.8) is 0 Å². The molecule has 0 aliphatic heterocycles. The van der Waals surface area contributed by atoms with Crippen LogP contribution in [-0.4, -0.2) is 4.57 Å². The Morgan fingerprint density at radius 1 is 0.261 bits per heavy atom. The summed E-state index contributed by atoms with van der Waals surface area (Å²) >= 11 is 0. The van der Waals surface area contributed by atoms with Gasteiger partial charge in [0.1, 0.15) is 0 Å². The molecule has 69 heavy (non-hydrogen) atoms. The zero-order valence-electron chi connectivity index (χ0n) is 37.8. The minimum atomic E-state index is -0.423. The van der Waals surface area contributed by atoms with Gasteiger partial charge < -0.3 is 9.47 Å². The molecule has 2 aliphatic rings. The van der Waals surface area contributed by atoms with Crippen LogP contribution in [0.2, 0.25) is 0 Å². The van der Waals surface area contributed by atoms with E-state index in [0.29, 0.717) is 0 Å². The molecule has 11 aromatic carbocycles. The number of aromatic nitrogens is 1. The van der Waals surface area contributed by atoms with Crippen molar-refractivity contribution in [2.45, 2.75) is 5.41 Å². The Balaban J connectivity index is 0.855. The van der Waals surface area contributed by atoms with Gasteiger partial charge in [0.05, 0.1) is 16.4 Å². The van der Waals surface area contributed by atoms with Gasteiger partial charge >= 0.3 is 0 Å². The first-order valence-electron chi connectivity index (χ1n) is 23.9. The molecule has 2 aliphatic carbocycles. The third kappa shape index (κ3) is 5.92. The first-order chi connectivity index (χ1) is 34.2. The Labute approximate surface area is 402 Å². The van der Waals surface area contributed by atoms with Crippen LogP contribution in [-0.2, 0) is 5.41 Å². The summed E-state index contributed by atoms with van der Waals surface area (Å²) in [5.74, 6) is 0. The zero-order valence-corrected chi connectivity index (χ0v) is 37.8. The molecule has 0 saturated carbocycles. The molecule has 1 heterocycles. The van der Waals surface area contributed by atoms with E-state index >= 15 is 0 Å². The second kappa shape index (κ2) is 15.6. The molecule has 0 bridgehead atoms. The molecule has 14 rings (SSSR count). The number of fused-ring (bicyclic) bond motifs is 13. The summed E-state index contributed by atoms with van der Waals surface area (Å²) in [5, 5.41) is 2.54. The summed E-state index contributed by atoms with van der Waals surface area (Å²) in [4.78, 5) is 2.38. The molecule has 2 nitrogen and oxygen atoms in total. The Bertz CT molecular complexity index is 3800. The van der Waals surface area contributed by atoms with Crippen molar-refractivity contribution in [2.75, 3.05) is 4.90 Å². The average Bonchev–Trinajstić information content (AvgIpc) is 4.04. The molecule has 0 amide bonds. The van der Waals surface area contributed by atoms with E-state index in [4.69, 9.17) is 0 Å². The van der Waals surface area contributed by atoms with Gasteiger partial charge in [-0.25, -0.2) is 0 Å². The van der Waals surface area contributed by atoms with Crippen molar-refractivity contribution in [1.29, 1.82) is 0 Å². The summed E-state index contributed by atoms with van der Waals surface area (Å²) in [5.41, 5.74) is 24.3. The normalized spacial score (nSPS) is 12.8. The highest BCUT2D eigenvalue weighted by Gasteiger charge is 2.52. The summed E-state index contributed by atoms with van der Waals surface area (Å²) in [6.45, 7) is 0. The fourth-order valence-electron chi connectivity index (χ4n) is 11.9. The lowest BCUT2D eigenvalue weighted by atomic mass is 9.68. The van der Waals surface area contributed by atoms with Gasteiger partial charge in [-0.1, -0.05) is 206 Å². The van der Waals surface area contributed by atoms with Gasteiger partial charge in [0.15, 0.2) is 0 Å². The molecule has 1 spiro atoms. The van der Waals surface area contributed by atoms with Crippen molar-refractivity contribution in [2.24, 2.45) is 0 Å². The maximum atomic E-state index is 2.38. The lowest BCUT2D eigenvalue weighted by Crippen LogP contribution is -2.26. The Morgan fingerprint density at radius 2 is 0.623 bits per heavy atom. The van der Waals surface area contributed by atoms with Crippen molar-refractivity contribution in [3.8, 4) is 61.3 Å². The predicted molar refractivity (Wildman–Crippen MR) is 288 cm³/mol. The van der Waals surface area contributed by atoms with E-state index in [2.05, 4.69) is 276 Å². The van der Waals surface area contributed by atoms with Crippen LogP contribution in [0.15, 0.2) is 267 Å². The Morgan fingerprint density at radius 3 is 1.13 bits per heavy atom. The smallest absolute Gasteiger partial charge is 0.0731 e. The zero-order chi connectivity index (χ0) is 45.5. The van der Waals surface area contributed by atoms with Gasteiger partial charge in [0.25, 0.3) is 0 Å². The summed E-state index contributed by atoms with van der Waals surface area (Å²) in [6, 6.07) is 98.3. The SMILES string of the molecule is c1ccc(-c2ccc(N(c3ccc(-c4ccc(-n5c6ccccc6c6ccccc65)cc4)cc3)c3ccc(-c4cccc5c4C4(c6ccccc6-c6ccccc64)c4ccccc4-5)cc3)cc2)cc1. The summed E-state index contributed by atoms with van der Waals surface area (Å²) < 4.78 is 2.37. The molecule has 0 fully saturated rings. The number of benzene rings is 11. The third-order valence-corrected chi connectivity index (χ3v) is 14.8. The van der Waals surface area contributed by atoms with E-state index in [1.54, 1.807) is 0 Å². The third-order valence-electron chi connectivity index (χ3n) is 14.8. The summed E-state index contributed by atoms with van der Waals surface area (Å²) in [6.07, 6.45) is 0. The second-order valence-electron chi connectivity index (χ2n) is 18.4. The average molecular weight is 877 g/mol. The van der Waals surface area contributed by atoms with Gasteiger partial charge in [-0.05, 0) is 139 Å². The number of rotatable bonds is 7. The molecule has 0 atom stereocenters. The molecule has 322 valence electrons. The van der Waals surface area contributed by atoms with E-state index in [0.717, 1.165) is 22.7 Å². The molecular weight excluding hydrogens is 833 g/mol. The highest BCUT2D eigenvalue weighted by atomic mass is 15.1. The standard InChI is InChI=1S/C67H44N2/c1-2-15-45(16-3-1)46-29-37-50(38-30-46)68(51-39-31-47(32-40-51)48-33-41-53(42-34-48)69-64-27-12-7-20-58(64)59-21-8-13-28-65(59)69)52-43-35-49(36-44-52)54-22-14-23-60-57-19-6-11-26-63(57)67(66(54)60)61-24-9-4-17-55(61)56-18-5-10-25-62(56)67/h1-44H. The fraction of sp³-hybridized carbons (Fsp3) is 0.0149. The minimum absolute atomic E-state index is 0.423. The molecule has 1 aromatic heterocycles. The van der Waals surface area contributed by atoms with Crippen LogP contribution in [0.1, 0.15) is 22.3 Å². The van der Waals surface area contributed by atoms with Crippen LogP contribution < -0.4 is 4.90 Å². The van der Waals surface area contributed by atoms with Crippen LogP contribution in [0.25, 0.3) is 83.1 Å². The van der Waals surface area contributed by atoms with Crippen molar-refractivity contribution >= 4 is 38.9 Å². The largest absolute Gasteiger partial charge is 0.311 e. The topological polar surface area (TPSA) is 8.17 Å². The first-order valence-corrected chi connectivity index (χ1v) is 23.9. The molecule has 0 saturated heterocycles. The first kappa shape index (κ1) is 39.2. The molecule has 0 unspecified atom stereocenters. The quantitative estimate of drug-likeness (QED) is 0.155. The van der Waals surface area contributed by atoms with Crippen LogP contribution >= 0.6 is 0 Å². The lowest BCUT2D eigenvalue weighted by molar-refractivity contribution is 0.796. The molecule has 0 N–H and O–H groups in total. The number of hydrogen-bond acceptors (Lipinski definition) is 1. The molecule has 12 aromatic rings. The van der Waals surface area contributed by atoms with Crippen LogP contribution in [0.5, 0.6) is 0 Å². The van der Waals surface area contributed by atoms with Crippen LogP contribution in [0, 0.1) is 0 Å². The monoisotopic (exact) mass is 876 g/mol. The van der Waals surface area contributed by atoms with E-state index in [-0.39, 0.29) is 0 Å². The molecule has 0 radical (unpaired) electrons. The van der Waals surface area contributed by atoms with E-state index in [1.807, 2.05) is 0 Å². The van der Waals surface area contributed by atoms with Gasteiger partial charge in [0.2, 0.25) is 0 Å². The van der Waals surface area contributed by atoms with E-state index in [9.17, 15) is 0 Å². The predicted octanol–water partition coefficient (Wildman–Crippen LogP) is 17.6. The Hall–Kier alpha value is -8.98. The van der Waals surface area contributed by atoms with Crippen molar-refractivity contribution < 1.29 is 0 Å². The van der Waals surface area contributed by atoms with Gasteiger partial charge in [-0.2, -0.15) is 0 Å². The van der Waals surface area contributed by atoms with Crippen molar-refractivity contribution in [3.05, 3.63) is 289 Å². The maximum Gasteiger partial charge on any atom is 0.0731 e. The van der Waals surface area contributed by atoms with E-state index < -0.39 is 5.41 Å². The van der Waals surface area contributed by atoms with Gasteiger partial charge in [-0.3, -0.25) is 0 Å².